The Labute approximate surface area is 114 Å². The summed E-state index contributed by atoms with van der Waals surface area (Å²) in [6.07, 6.45) is 5.11. The third-order valence-electron chi connectivity index (χ3n) is 3.44. The highest BCUT2D eigenvalue weighted by Crippen LogP contribution is 2.26. The zero-order chi connectivity index (χ0) is 12.1. The lowest BCUT2D eigenvalue weighted by Gasteiger charge is -2.37. The molecule has 0 aliphatic heterocycles. The highest BCUT2D eigenvalue weighted by atomic mass is 35.5. The van der Waals surface area contributed by atoms with Crippen molar-refractivity contribution >= 4 is 23.2 Å². The SMILES string of the molecule is ClCCCN(Cc1cccc(Cl)c1)C1CCC1. The predicted octanol–water partition coefficient (Wildman–Crippen LogP) is 4.32. The summed E-state index contributed by atoms with van der Waals surface area (Å²) in [6.45, 7) is 2.10. The first kappa shape index (κ1) is 13.2. The molecule has 0 amide bonds. The van der Waals surface area contributed by atoms with Crippen LogP contribution >= 0.6 is 23.2 Å². The second kappa shape index (κ2) is 6.63. The fraction of sp³-hybridized carbons (Fsp3) is 0.571. The first-order chi connectivity index (χ1) is 8.29. The average Bonchev–Trinajstić information content (AvgIpc) is 2.23. The Morgan fingerprint density at radius 3 is 2.71 bits per heavy atom. The summed E-state index contributed by atoms with van der Waals surface area (Å²) in [4.78, 5) is 2.55. The van der Waals surface area contributed by atoms with Gasteiger partial charge in [0.15, 0.2) is 0 Å². The number of hydrogen-bond acceptors (Lipinski definition) is 1. The highest BCUT2D eigenvalue weighted by Gasteiger charge is 2.24. The van der Waals surface area contributed by atoms with Gasteiger partial charge in [-0.1, -0.05) is 30.2 Å². The van der Waals surface area contributed by atoms with E-state index in [9.17, 15) is 0 Å². The van der Waals surface area contributed by atoms with Crippen molar-refractivity contribution in [3.05, 3.63) is 34.9 Å². The summed E-state index contributed by atoms with van der Waals surface area (Å²) in [7, 11) is 0. The smallest absolute Gasteiger partial charge is 0.0409 e. The molecule has 0 spiro atoms. The molecule has 3 heteroatoms. The van der Waals surface area contributed by atoms with E-state index < -0.39 is 0 Å². The maximum absolute atomic E-state index is 6.02. The number of halogens is 2. The molecule has 1 aromatic rings. The summed E-state index contributed by atoms with van der Waals surface area (Å²) in [6, 6.07) is 8.93. The van der Waals surface area contributed by atoms with E-state index >= 15 is 0 Å². The molecule has 17 heavy (non-hydrogen) atoms. The minimum atomic E-state index is 0.749. The Hall–Kier alpha value is -0.240. The quantitative estimate of drug-likeness (QED) is 0.697. The van der Waals surface area contributed by atoms with E-state index in [0.717, 1.165) is 36.5 Å². The third kappa shape index (κ3) is 3.87. The van der Waals surface area contributed by atoms with Crippen molar-refractivity contribution in [1.82, 2.24) is 4.90 Å². The van der Waals surface area contributed by atoms with Gasteiger partial charge in [0.2, 0.25) is 0 Å². The molecule has 0 bridgehead atoms. The van der Waals surface area contributed by atoms with Gasteiger partial charge >= 0.3 is 0 Å². The topological polar surface area (TPSA) is 3.24 Å². The molecule has 0 aromatic heterocycles. The van der Waals surface area contributed by atoms with Gasteiger partial charge in [-0.25, -0.2) is 0 Å². The molecule has 2 rings (SSSR count). The summed E-state index contributed by atoms with van der Waals surface area (Å²) in [5, 5.41) is 0.827. The van der Waals surface area contributed by atoms with Crippen LogP contribution in [-0.2, 0) is 6.54 Å². The van der Waals surface area contributed by atoms with Crippen LogP contribution in [0.25, 0.3) is 0 Å². The Kier molecular flexibility index (Phi) is 5.15. The van der Waals surface area contributed by atoms with E-state index in [2.05, 4.69) is 17.0 Å². The second-order valence-corrected chi connectivity index (χ2v) is 5.54. The average molecular weight is 272 g/mol. The Morgan fingerprint density at radius 2 is 2.12 bits per heavy atom. The molecular weight excluding hydrogens is 253 g/mol. The lowest BCUT2D eigenvalue weighted by Crippen LogP contribution is -2.40. The van der Waals surface area contributed by atoms with Crippen LogP contribution in [0.1, 0.15) is 31.2 Å². The molecule has 0 radical (unpaired) electrons. The molecule has 0 unspecified atom stereocenters. The van der Waals surface area contributed by atoms with Crippen LogP contribution in [0.2, 0.25) is 5.02 Å². The van der Waals surface area contributed by atoms with Crippen molar-refractivity contribution in [1.29, 1.82) is 0 Å². The van der Waals surface area contributed by atoms with Gasteiger partial charge in [-0.3, -0.25) is 4.90 Å². The molecule has 0 atom stereocenters. The Morgan fingerprint density at radius 1 is 1.29 bits per heavy atom. The number of nitrogens with zero attached hydrogens (tertiary/aromatic N) is 1. The zero-order valence-corrected chi connectivity index (χ0v) is 11.6. The van der Waals surface area contributed by atoms with Crippen molar-refractivity contribution in [3.63, 3.8) is 0 Å². The lowest BCUT2D eigenvalue weighted by atomic mass is 9.91. The van der Waals surface area contributed by atoms with Crippen molar-refractivity contribution in [2.45, 2.75) is 38.3 Å². The number of rotatable bonds is 6. The fourth-order valence-corrected chi connectivity index (χ4v) is 2.61. The van der Waals surface area contributed by atoms with Crippen molar-refractivity contribution in [2.75, 3.05) is 12.4 Å². The van der Waals surface area contributed by atoms with Gasteiger partial charge in [0, 0.05) is 23.5 Å². The van der Waals surface area contributed by atoms with Gasteiger partial charge < -0.3 is 0 Å². The normalized spacial score (nSPS) is 16.2. The first-order valence-electron chi connectivity index (χ1n) is 6.34. The molecule has 0 saturated heterocycles. The first-order valence-corrected chi connectivity index (χ1v) is 7.25. The molecule has 1 aliphatic carbocycles. The van der Waals surface area contributed by atoms with Gasteiger partial charge in [0.05, 0.1) is 0 Å². The van der Waals surface area contributed by atoms with Crippen molar-refractivity contribution in [3.8, 4) is 0 Å². The minimum Gasteiger partial charge on any atom is -0.296 e. The largest absolute Gasteiger partial charge is 0.296 e. The van der Waals surface area contributed by atoms with E-state index in [1.54, 1.807) is 0 Å². The standard InChI is InChI=1S/C14H19Cl2N/c15-8-3-9-17(14-6-2-7-14)11-12-4-1-5-13(16)10-12/h1,4-5,10,14H,2-3,6-9,11H2. The van der Waals surface area contributed by atoms with Gasteiger partial charge in [-0.2, -0.15) is 0 Å². The number of benzene rings is 1. The van der Waals surface area contributed by atoms with E-state index in [1.807, 2.05) is 12.1 Å². The predicted molar refractivity (Wildman–Crippen MR) is 74.8 cm³/mol. The Balaban J connectivity index is 1.95. The van der Waals surface area contributed by atoms with Crippen LogP contribution in [0.3, 0.4) is 0 Å². The molecule has 94 valence electrons. The molecule has 1 aliphatic rings. The van der Waals surface area contributed by atoms with E-state index in [-0.39, 0.29) is 0 Å². The Bertz CT molecular complexity index is 350. The van der Waals surface area contributed by atoms with E-state index in [4.69, 9.17) is 23.2 Å². The highest BCUT2D eigenvalue weighted by molar-refractivity contribution is 6.30. The van der Waals surface area contributed by atoms with Crippen LogP contribution in [0.5, 0.6) is 0 Å². The van der Waals surface area contributed by atoms with Crippen LogP contribution < -0.4 is 0 Å². The molecule has 1 fully saturated rings. The van der Waals surface area contributed by atoms with Crippen LogP contribution in [0.15, 0.2) is 24.3 Å². The van der Waals surface area contributed by atoms with E-state index in [1.165, 1.54) is 24.8 Å². The van der Waals surface area contributed by atoms with Crippen molar-refractivity contribution in [2.24, 2.45) is 0 Å². The molecular formula is C14H19Cl2N. The van der Waals surface area contributed by atoms with Crippen LogP contribution in [-0.4, -0.2) is 23.4 Å². The fourth-order valence-electron chi connectivity index (χ4n) is 2.28. The monoisotopic (exact) mass is 271 g/mol. The second-order valence-electron chi connectivity index (χ2n) is 4.73. The molecule has 0 N–H and O–H groups in total. The summed E-state index contributed by atoms with van der Waals surface area (Å²) >= 11 is 11.8. The molecule has 0 heterocycles. The van der Waals surface area contributed by atoms with E-state index in [0.29, 0.717) is 0 Å². The zero-order valence-electron chi connectivity index (χ0n) is 10.0. The van der Waals surface area contributed by atoms with Crippen LogP contribution in [0, 0.1) is 0 Å². The van der Waals surface area contributed by atoms with Gasteiger partial charge in [-0.15, -0.1) is 11.6 Å². The van der Waals surface area contributed by atoms with Crippen molar-refractivity contribution < 1.29 is 0 Å². The number of alkyl halides is 1. The van der Waals surface area contributed by atoms with Gasteiger partial charge in [0.25, 0.3) is 0 Å². The van der Waals surface area contributed by atoms with Gasteiger partial charge in [-0.05, 0) is 43.5 Å². The lowest BCUT2D eigenvalue weighted by molar-refractivity contribution is 0.120. The summed E-state index contributed by atoms with van der Waals surface area (Å²) in [5.41, 5.74) is 1.30. The minimum absolute atomic E-state index is 0.749. The summed E-state index contributed by atoms with van der Waals surface area (Å²) in [5.74, 6) is 0.749. The summed E-state index contributed by atoms with van der Waals surface area (Å²) < 4.78 is 0. The number of hydrogen-bond donors (Lipinski definition) is 0. The molecule has 1 aromatic carbocycles. The maximum Gasteiger partial charge on any atom is 0.0409 e. The van der Waals surface area contributed by atoms with Gasteiger partial charge in [0.1, 0.15) is 0 Å². The molecule has 1 saturated carbocycles. The maximum atomic E-state index is 6.02. The molecule has 1 nitrogen and oxygen atoms in total. The third-order valence-corrected chi connectivity index (χ3v) is 3.95. The van der Waals surface area contributed by atoms with Crippen LogP contribution in [0.4, 0.5) is 0 Å².